The number of ether oxygens (including phenoxy) is 1. The first-order valence-electron chi connectivity index (χ1n) is 12.4. The van der Waals surface area contributed by atoms with E-state index in [-0.39, 0.29) is 17.9 Å². The summed E-state index contributed by atoms with van der Waals surface area (Å²) >= 11 is 1.70. The molecule has 0 N–H and O–H groups in total. The lowest BCUT2D eigenvalue weighted by Gasteiger charge is -2.53. The largest absolute Gasteiger partial charge is 0.457 e. The standard InChI is InChI=1S/C27H33N3O3S/c1-2-3-15-30-25(31)24-19-34-20-29(24)26(32)27(30)13-16-28(17-14-27)18-21-9-11-23(12-10-21)33-22-7-5-4-6-8-22/h4-12,24H,2-3,13-20H2,1H3/t24-/m0/s1. The summed E-state index contributed by atoms with van der Waals surface area (Å²) in [6.07, 6.45) is 3.39. The highest BCUT2D eigenvalue weighted by molar-refractivity contribution is 7.99. The molecule has 0 unspecified atom stereocenters. The predicted molar refractivity (Wildman–Crippen MR) is 135 cm³/mol. The first kappa shape index (κ1) is 23.2. The summed E-state index contributed by atoms with van der Waals surface area (Å²) in [5, 5.41) is 0. The van der Waals surface area contributed by atoms with Gasteiger partial charge in [0.15, 0.2) is 0 Å². The molecule has 180 valence electrons. The maximum atomic E-state index is 13.6. The minimum atomic E-state index is -0.655. The van der Waals surface area contributed by atoms with Gasteiger partial charge in [-0.15, -0.1) is 11.8 Å². The van der Waals surface area contributed by atoms with Crippen LogP contribution in [0, 0.1) is 0 Å². The van der Waals surface area contributed by atoms with Gasteiger partial charge < -0.3 is 14.5 Å². The van der Waals surface area contributed by atoms with Crippen LogP contribution < -0.4 is 4.74 Å². The smallest absolute Gasteiger partial charge is 0.250 e. The summed E-state index contributed by atoms with van der Waals surface area (Å²) in [7, 11) is 0. The highest BCUT2D eigenvalue weighted by atomic mass is 32.2. The van der Waals surface area contributed by atoms with Crippen molar-refractivity contribution in [1.29, 1.82) is 0 Å². The van der Waals surface area contributed by atoms with Crippen LogP contribution in [-0.2, 0) is 16.1 Å². The molecule has 0 bridgehead atoms. The van der Waals surface area contributed by atoms with Gasteiger partial charge in [0, 0.05) is 31.9 Å². The van der Waals surface area contributed by atoms with Crippen molar-refractivity contribution >= 4 is 23.6 Å². The summed E-state index contributed by atoms with van der Waals surface area (Å²) in [6, 6.07) is 17.8. The van der Waals surface area contributed by atoms with E-state index in [2.05, 4.69) is 24.0 Å². The third-order valence-corrected chi connectivity index (χ3v) is 8.35. The number of likely N-dealkylation sites (tertiary alicyclic amines) is 1. The molecular weight excluding hydrogens is 446 g/mol. The van der Waals surface area contributed by atoms with Gasteiger partial charge >= 0.3 is 0 Å². The van der Waals surface area contributed by atoms with Crippen molar-refractivity contribution in [2.75, 3.05) is 31.3 Å². The third-order valence-electron chi connectivity index (χ3n) is 7.34. The molecular formula is C27H33N3O3S. The quantitative estimate of drug-likeness (QED) is 0.591. The Hall–Kier alpha value is -2.51. The molecule has 3 heterocycles. The van der Waals surface area contributed by atoms with Gasteiger partial charge in [-0.25, -0.2) is 0 Å². The second-order valence-electron chi connectivity index (χ2n) is 9.50. The lowest BCUT2D eigenvalue weighted by Crippen LogP contribution is -2.72. The van der Waals surface area contributed by atoms with Crippen molar-refractivity contribution in [1.82, 2.24) is 14.7 Å². The fourth-order valence-electron chi connectivity index (χ4n) is 5.37. The molecule has 2 amide bonds. The van der Waals surface area contributed by atoms with Gasteiger partial charge in [0.1, 0.15) is 23.1 Å². The molecule has 0 aromatic heterocycles. The van der Waals surface area contributed by atoms with Crippen LogP contribution in [-0.4, -0.2) is 69.4 Å². The Labute approximate surface area is 206 Å². The number of para-hydroxylation sites is 1. The summed E-state index contributed by atoms with van der Waals surface area (Å²) in [6.45, 7) is 5.30. The van der Waals surface area contributed by atoms with Crippen LogP contribution in [0.5, 0.6) is 11.5 Å². The highest BCUT2D eigenvalue weighted by Gasteiger charge is 2.57. The number of hydrogen-bond acceptors (Lipinski definition) is 5. The van der Waals surface area contributed by atoms with Crippen LogP contribution in [0.2, 0.25) is 0 Å². The normalized spacial score (nSPS) is 22.3. The number of carbonyl (C=O) groups is 2. The average Bonchev–Trinajstić information content (AvgIpc) is 3.36. The second-order valence-corrected chi connectivity index (χ2v) is 10.5. The number of rotatable bonds is 7. The van der Waals surface area contributed by atoms with E-state index in [1.807, 2.05) is 52.3 Å². The number of benzene rings is 2. The zero-order valence-corrected chi connectivity index (χ0v) is 20.6. The molecule has 0 aliphatic carbocycles. The van der Waals surface area contributed by atoms with Crippen molar-refractivity contribution in [3.05, 3.63) is 60.2 Å². The second kappa shape index (κ2) is 10.0. The van der Waals surface area contributed by atoms with E-state index in [9.17, 15) is 9.59 Å². The number of fused-ring (bicyclic) bond motifs is 1. The number of unbranched alkanes of at least 4 members (excludes halogenated alkanes) is 1. The lowest BCUT2D eigenvalue weighted by atomic mass is 9.81. The van der Waals surface area contributed by atoms with Crippen molar-refractivity contribution in [3.63, 3.8) is 0 Å². The summed E-state index contributed by atoms with van der Waals surface area (Å²) in [4.78, 5) is 33.2. The molecule has 3 aliphatic heterocycles. The Kier molecular flexibility index (Phi) is 6.84. The Morgan fingerprint density at radius 3 is 2.41 bits per heavy atom. The maximum absolute atomic E-state index is 13.6. The van der Waals surface area contributed by atoms with Gasteiger partial charge in [-0.1, -0.05) is 43.7 Å². The Morgan fingerprint density at radius 2 is 1.71 bits per heavy atom. The van der Waals surface area contributed by atoms with Gasteiger partial charge in [-0.2, -0.15) is 0 Å². The fourth-order valence-corrected chi connectivity index (χ4v) is 6.52. The zero-order chi connectivity index (χ0) is 23.5. The van der Waals surface area contributed by atoms with Crippen molar-refractivity contribution in [2.45, 2.75) is 50.7 Å². The van der Waals surface area contributed by atoms with Gasteiger partial charge in [-0.05, 0) is 49.1 Å². The van der Waals surface area contributed by atoms with Crippen molar-refractivity contribution < 1.29 is 14.3 Å². The molecule has 1 spiro atoms. The molecule has 2 aromatic carbocycles. The van der Waals surface area contributed by atoms with E-state index in [0.717, 1.165) is 49.7 Å². The molecule has 3 saturated heterocycles. The maximum Gasteiger partial charge on any atom is 0.250 e. The number of nitrogens with zero attached hydrogens (tertiary/aromatic N) is 3. The van der Waals surface area contributed by atoms with Crippen molar-refractivity contribution in [3.8, 4) is 11.5 Å². The first-order chi connectivity index (χ1) is 16.6. The average molecular weight is 480 g/mol. The van der Waals surface area contributed by atoms with E-state index in [4.69, 9.17) is 4.74 Å². The van der Waals surface area contributed by atoms with Crippen molar-refractivity contribution in [2.24, 2.45) is 0 Å². The predicted octanol–water partition coefficient (Wildman–Crippen LogP) is 4.36. The van der Waals surface area contributed by atoms with E-state index in [0.29, 0.717) is 25.3 Å². The monoisotopic (exact) mass is 479 g/mol. The van der Waals surface area contributed by atoms with Crippen LogP contribution in [0.1, 0.15) is 38.2 Å². The summed E-state index contributed by atoms with van der Waals surface area (Å²) < 4.78 is 5.90. The SMILES string of the molecule is CCCCN1C(=O)[C@@H]2CSCN2C(=O)C12CCN(Cc1ccc(Oc3ccccc3)cc1)CC2. The van der Waals surface area contributed by atoms with Crippen LogP contribution in [0.3, 0.4) is 0 Å². The fraction of sp³-hybridized carbons (Fsp3) is 0.481. The topological polar surface area (TPSA) is 53.1 Å². The highest BCUT2D eigenvalue weighted by Crippen LogP contribution is 2.40. The van der Waals surface area contributed by atoms with Crippen LogP contribution in [0.4, 0.5) is 0 Å². The summed E-state index contributed by atoms with van der Waals surface area (Å²) in [5.41, 5.74) is 0.568. The van der Waals surface area contributed by atoms with Crippen LogP contribution in [0.15, 0.2) is 54.6 Å². The molecule has 2 aromatic rings. The van der Waals surface area contributed by atoms with E-state index < -0.39 is 5.54 Å². The molecule has 0 radical (unpaired) electrons. The van der Waals surface area contributed by atoms with Gasteiger partial charge in [0.05, 0.1) is 5.88 Å². The van der Waals surface area contributed by atoms with Crippen LogP contribution >= 0.6 is 11.8 Å². The Morgan fingerprint density at radius 1 is 1.00 bits per heavy atom. The van der Waals surface area contributed by atoms with Crippen LogP contribution in [0.25, 0.3) is 0 Å². The van der Waals surface area contributed by atoms with E-state index in [1.165, 1.54) is 5.56 Å². The van der Waals surface area contributed by atoms with Gasteiger partial charge in [0.2, 0.25) is 11.8 Å². The number of hydrogen-bond donors (Lipinski definition) is 0. The molecule has 6 nitrogen and oxygen atoms in total. The van der Waals surface area contributed by atoms with E-state index in [1.54, 1.807) is 11.8 Å². The lowest BCUT2D eigenvalue weighted by molar-refractivity contribution is -0.172. The number of amides is 2. The first-order valence-corrected chi connectivity index (χ1v) is 13.5. The molecule has 1 atom stereocenters. The zero-order valence-electron chi connectivity index (χ0n) is 19.8. The molecule has 3 fully saturated rings. The number of piperazine rings is 1. The molecule has 0 saturated carbocycles. The van der Waals surface area contributed by atoms with E-state index >= 15 is 0 Å². The molecule has 34 heavy (non-hydrogen) atoms. The summed E-state index contributed by atoms with van der Waals surface area (Å²) in [5.74, 6) is 3.39. The van der Waals surface area contributed by atoms with Gasteiger partial charge in [-0.3, -0.25) is 14.5 Å². The minimum absolute atomic E-state index is 0.167. The minimum Gasteiger partial charge on any atom is -0.457 e. The Bertz CT molecular complexity index is 1010. The Balaban J connectivity index is 1.24. The number of thioether (sulfide) groups is 1. The van der Waals surface area contributed by atoms with Gasteiger partial charge in [0.25, 0.3) is 0 Å². The number of piperidine rings is 1. The number of carbonyl (C=O) groups excluding carboxylic acids is 2. The third kappa shape index (κ3) is 4.43. The molecule has 3 aliphatic rings. The molecule has 5 rings (SSSR count). The molecule has 7 heteroatoms.